The van der Waals surface area contributed by atoms with Crippen molar-refractivity contribution in [1.29, 1.82) is 5.26 Å². The summed E-state index contributed by atoms with van der Waals surface area (Å²) in [7, 11) is 0. The number of aryl methyl sites for hydroxylation is 1. The maximum absolute atomic E-state index is 12.2. The van der Waals surface area contributed by atoms with E-state index in [9.17, 15) is 19.6 Å². The Bertz CT molecular complexity index is 1020. The van der Waals surface area contributed by atoms with E-state index in [0.717, 1.165) is 35.5 Å². The third-order valence-corrected chi connectivity index (χ3v) is 4.58. The Hall–Kier alpha value is -3.86. The Morgan fingerprint density at radius 2 is 1.90 bits per heavy atom. The molecule has 162 valence electrons. The van der Waals surface area contributed by atoms with Crippen LogP contribution in [0.15, 0.2) is 42.0 Å². The summed E-state index contributed by atoms with van der Waals surface area (Å²) in [4.78, 5) is 35.8. The molecule has 0 unspecified atom stereocenters. The molecule has 2 rings (SSSR count). The lowest BCUT2D eigenvalue weighted by molar-refractivity contribution is -0.144. The van der Waals surface area contributed by atoms with E-state index in [1.165, 1.54) is 6.08 Å². The average molecular weight is 422 g/mol. The van der Waals surface area contributed by atoms with Crippen molar-refractivity contribution in [2.45, 2.75) is 40.3 Å². The molecule has 0 aliphatic rings. The number of hydrogen-bond acceptors (Lipinski definition) is 5. The first-order valence-corrected chi connectivity index (χ1v) is 9.93. The number of amides is 3. The van der Waals surface area contributed by atoms with Gasteiger partial charge in [-0.2, -0.15) is 5.26 Å². The molecule has 0 aliphatic heterocycles. The van der Waals surface area contributed by atoms with Gasteiger partial charge in [-0.25, -0.2) is 9.59 Å². The predicted molar refractivity (Wildman–Crippen MR) is 116 cm³/mol. The maximum Gasteiger partial charge on any atom is 0.349 e. The molecule has 31 heavy (non-hydrogen) atoms. The van der Waals surface area contributed by atoms with Crippen LogP contribution in [0.4, 0.5) is 4.79 Å². The Morgan fingerprint density at radius 1 is 1.19 bits per heavy atom. The first kappa shape index (κ1) is 23.4. The number of benzene rings is 1. The Labute approximate surface area is 181 Å². The molecule has 3 amide bonds. The summed E-state index contributed by atoms with van der Waals surface area (Å²) in [5.41, 5.74) is 3.35. The fraction of sp³-hybridized carbons (Fsp3) is 0.304. The van der Waals surface area contributed by atoms with E-state index in [1.807, 2.05) is 56.3 Å². The van der Waals surface area contributed by atoms with Gasteiger partial charge in [-0.05, 0) is 43.5 Å². The minimum absolute atomic E-state index is 0.224. The van der Waals surface area contributed by atoms with Crippen molar-refractivity contribution in [2.75, 3.05) is 6.61 Å². The van der Waals surface area contributed by atoms with Crippen LogP contribution in [-0.4, -0.2) is 29.1 Å². The second kappa shape index (κ2) is 11.4. The van der Waals surface area contributed by atoms with Crippen LogP contribution in [0.5, 0.6) is 0 Å². The minimum Gasteiger partial charge on any atom is -0.451 e. The number of nitrogens with zero attached hydrogens (tertiary/aromatic N) is 2. The van der Waals surface area contributed by atoms with Gasteiger partial charge in [0, 0.05) is 24.5 Å². The summed E-state index contributed by atoms with van der Waals surface area (Å²) in [6, 6.07) is 12.2. The summed E-state index contributed by atoms with van der Waals surface area (Å²) >= 11 is 0. The van der Waals surface area contributed by atoms with Gasteiger partial charge >= 0.3 is 12.0 Å². The number of rotatable bonds is 8. The number of ether oxygens (including phenoxy) is 1. The number of nitrogens with one attached hydrogen (secondary N) is 2. The molecular formula is C23H26N4O4. The molecule has 0 saturated carbocycles. The molecule has 0 aliphatic carbocycles. The van der Waals surface area contributed by atoms with Crippen LogP contribution in [0.2, 0.25) is 0 Å². The molecule has 2 N–H and O–H groups in total. The zero-order chi connectivity index (χ0) is 22.8. The lowest BCUT2D eigenvalue weighted by Crippen LogP contribution is -2.41. The van der Waals surface area contributed by atoms with Crippen LogP contribution in [0.25, 0.3) is 6.08 Å². The largest absolute Gasteiger partial charge is 0.451 e. The van der Waals surface area contributed by atoms with Gasteiger partial charge in [0.15, 0.2) is 6.61 Å². The smallest absolute Gasteiger partial charge is 0.349 e. The molecule has 0 saturated heterocycles. The third-order valence-electron chi connectivity index (χ3n) is 4.58. The number of hydrogen-bond donors (Lipinski definition) is 2. The second-order valence-electron chi connectivity index (χ2n) is 6.94. The Kier molecular flexibility index (Phi) is 8.58. The number of urea groups is 1. The first-order valence-electron chi connectivity index (χ1n) is 9.93. The van der Waals surface area contributed by atoms with Crippen LogP contribution < -0.4 is 10.6 Å². The highest BCUT2D eigenvalue weighted by molar-refractivity contribution is 6.00. The molecule has 1 aromatic carbocycles. The molecule has 2 aromatic rings. The van der Waals surface area contributed by atoms with Crippen LogP contribution in [0, 0.1) is 25.2 Å². The van der Waals surface area contributed by atoms with Crippen molar-refractivity contribution in [3.05, 3.63) is 64.5 Å². The Balaban J connectivity index is 1.89. The Morgan fingerprint density at radius 3 is 2.55 bits per heavy atom. The number of carbonyl (C=O) groups excluding carboxylic acids is 3. The van der Waals surface area contributed by atoms with Gasteiger partial charge in [0.25, 0.3) is 5.91 Å². The topological polar surface area (TPSA) is 113 Å². The highest BCUT2D eigenvalue weighted by Gasteiger charge is 2.16. The summed E-state index contributed by atoms with van der Waals surface area (Å²) in [5, 5.41) is 13.9. The van der Waals surface area contributed by atoms with Crippen molar-refractivity contribution >= 4 is 24.0 Å². The van der Waals surface area contributed by atoms with Gasteiger partial charge < -0.3 is 14.6 Å². The number of imide groups is 1. The standard InChI is InChI=1S/C23H26N4O4/c1-4-10-27-16(2)11-19(17(27)3)12-20(13-24)22(29)31-15-21(28)26-23(30)25-14-18-8-6-5-7-9-18/h5-9,11-12H,4,10,14-15H2,1-3H3,(H2,25,26,28,30)/b20-12-. The number of nitriles is 1. The molecule has 0 radical (unpaired) electrons. The molecule has 0 bridgehead atoms. The average Bonchev–Trinajstić information content (AvgIpc) is 3.02. The van der Waals surface area contributed by atoms with Crippen LogP contribution in [-0.2, 0) is 27.4 Å². The lowest BCUT2D eigenvalue weighted by atomic mass is 10.1. The van der Waals surface area contributed by atoms with E-state index < -0.39 is 24.5 Å². The van der Waals surface area contributed by atoms with Gasteiger partial charge in [-0.3, -0.25) is 10.1 Å². The molecule has 0 spiro atoms. The summed E-state index contributed by atoms with van der Waals surface area (Å²) in [5.74, 6) is -1.72. The fourth-order valence-corrected chi connectivity index (χ4v) is 3.03. The molecule has 1 heterocycles. The van der Waals surface area contributed by atoms with Gasteiger partial charge in [-0.1, -0.05) is 37.3 Å². The van der Waals surface area contributed by atoms with E-state index >= 15 is 0 Å². The molecule has 0 fully saturated rings. The number of carbonyl (C=O) groups is 3. The monoisotopic (exact) mass is 422 g/mol. The first-order chi connectivity index (χ1) is 14.8. The molecule has 1 aromatic heterocycles. The van der Waals surface area contributed by atoms with Crippen LogP contribution in [0.3, 0.4) is 0 Å². The molecule has 0 atom stereocenters. The number of esters is 1. The third kappa shape index (κ3) is 6.85. The van der Waals surface area contributed by atoms with Gasteiger partial charge in [0.2, 0.25) is 0 Å². The fourth-order valence-electron chi connectivity index (χ4n) is 3.03. The number of aromatic nitrogens is 1. The summed E-state index contributed by atoms with van der Waals surface area (Å²) in [6.07, 6.45) is 2.40. The van der Waals surface area contributed by atoms with Crippen molar-refractivity contribution in [3.8, 4) is 6.07 Å². The van der Waals surface area contributed by atoms with Gasteiger partial charge in [-0.15, -0.1) is 0 Å². The van der Waals surface area contributed by atoms with Crippen molar-refractivity contribution in [3.63, 3.8) is 0 Å². The quantitative estimate of drug-likeness (QED) is 0.386. The second-order valence-corrected chi connectivity index (χ2v) is 6.94. The van der Waals surface area contributed by atoms with E-state index in [0.29, 0.717) is 0 Å². The van der Waals surface area contributed by atoms with Gasteiger partial charge in [0.1, 0.15) is 11.6 Å². The highest BCUT2D eigenvalue weighted by atomic mass is 16.5. The lowest BCUT2D eigenvalue weighted by Gasteiger charge is -2.08. The zero-order valence-electron chi connectivity index (χ0n) is 17.9. The SMILES string of the molecule is CCCn1c(C)cc(/C=C(/C#N)C(=O)OCC(=O)NC(=O)NCc2ccccc2)c1C. The van der Waals surface area contributed by atoms with Crippen molar-refractivity contribution in [1.82, 2.24) is 15.2 Å². The van der Waals surface area contributed by atoms with Crippen molar-refractivity contribution < 1.29 is 19.1 Å². The zero-order valence-corrected chi connectivity index (χ0v) is 17.9. The van der Waals surface area contributed by atoms with E-state index in [1.54, 1.807) is 0 Å². The van der Waals surface area contributed by atoms with E-state index in [4.69, 9.17) is 4.74 Å². The normalized spacial score (nSPS) is 10.8. The summed E-state index contributed by atoms with van der Waals surface area (Å²) < 4.78 is 6.99. The van der Waals surface area contributed by atoms with Crippen LogP contribution >= 0.6 is 0 Å². The minimum atomic E-state index is -0.928. The summed E-state index contributed by atoms with van der Waals surface area (Å²) in [6.45, 7) is 6.35. The molecular weight excluding hydrogens is 396 g/mol. The van der Waals surface area contributed by atoms with E-state index in [2.05, 4.69) is 22.1 Å². The van der Waals surface area contributed by atoms with Crippen molar-refractivity contribution in [2.24, 2.45) is 0 Å². The molecule has 8 heteroatoms. The maximum atomic E-state index is 12.2. The van der Waals surface area contributed by atoms with E-state index in [-0.39, 0.29) is 12.1 Å². The molecule has 8 nitrogen and oxygen atoms in total. The highest BCUT2D eigenvalue weighted by Crippen LogP contribution is 2.19. The predicted octanol–water partition coefficient (Wildman–Crippen LogP) is 2.99. The van der Waals surface area contributed by atoms with Gasteiger partial charge in [0.05, 0.1) is 0 Å². The van der Waals surface area contributed by atoms with Crippen LogP contribution in [0.1, 0.15) is 35.9 Å².